The van der Waals surface area contributed by atoms with E-state index in [0.717, 1.165) is 18.4 Å². The van der Waals surface area contributed by atoms with Crippen molar-refractivity contribution in [1.29, 1.82) is 0 Å². The summed E-state index contributed by atoms with van der Waals surface area (Å²) >= 11 is 5.91. The number of carbonyl (C=O) groups is 1. The molecular weight excluding hydrogens is 396 g/mol. The molecule has 1 aliphatic heterocycles. The second kappa shape index (κ2) is 8.00. The van der Waals surface area contributed by atoms with Gasteiger partial charge in [0.25, 0.3) is 11.6 Å². The van der Waals surface area contributed by atoms with Crippen LogP contribution in [0.5, 0.6) is 0 Å². The van der Waals surface area contributed by atoms with Gasteiger partial charge in [-0.3, -0.25) is 14.9 Å². The Balaban J connectivity index is 1.47. The number of nitrogens with zero attached hydrogens (tertiary/aromatic N) is 4. The molecule has 0 bridgehead atoms. The van der Waals surface area contributed by atoms with E-state index in [0.29, 0.717) is 35.4 Å². The van der Waals surface area contributed by atoms with Crippen molar-refractivity contribution < 1.29 is 14.2 Å². The van der Waals surface area contributed by atoms with Gasteiger partial charge in [0.1, 0.15) is 0 Å². The van der Waals surface area contributed by atoms with E-state index in [-0.39, 0.29) is 17.5 Å². The number of aromatic nitrogens is 2. The Bertz CT molecular complexity index is 1030. The van der Waals surface area contributed by atoms with E-state index in [2.05, 4.69) is 10.1 Å². The first-order valence-corrected chi connectivity index (χ1v) is 9.52. The molecular formula is C20H17ClN4O4. The maximum atomic E-state index is 12.8. The lowest BCUT2D eigenvalue weighted by Gasteiger charge is -2.31. The van der Waals surface area contributed by atoms with Gasteiger partial charge in [-0.2, -0.15) is 4.98 Å². The van der Waals surface area contributed by atoms with Crippen LogP contribution in [0.2, 0.25) is 5.02 Å². The van der Waals surface area contributed by atoms with Gasteiger partial charge >= 0.3 is 0 Å². The molecule has 1 aliphatic rings. The Morgan fingerprint density at radius 1 is 1.17 bits per heavy atom. The predicted molar refractivity (Wildman–Crippen MR) is 106 cm³/mol. The van der Waals surface area contributed by atoms with Gasteiger partial charge in [-0.05, 0) is 49.2 Å². The highest BCUT2D eigenvalue weighted by Gasteiger charge is 2.29. The molecule has 4 rings (SSSR count). The second-order valence-electron chi connectivity index (χ2n) is 6.86. The first-order valence-electron chi connectivity index (χ1n) is 9.14. The smallest absolute Gasteiger partial charge is 0.269 e. The van der Waals surface area contributed by atoms with Crippen molar-refractivity contribution in [2.75, 3.05) is 13.1 Å². The highest BCUT2D eigenvalue weighted by molar-refractivity contribution is 6.30. The molecule has 1 aromatic heterocycles. The summed E-state index contributed by atoms with van der Waals surface area (Å²) in [7, 11) is 0. The van der Waals surface area contributed by atoms with Gasteiger partial charge in [0, 0.05) is 41.4 Å². The average Bonchev–Trinajstić information content (AvgIpc) is 3.24. The molecule has 0 radical (unpaired) electrons. The zero-order valence-corrected chi connectivity index (χ0v) is 16.1. The molecule has 2 aromatic carbocycles. The van der Waals surface area contributed by atoms with E-state index >= 15 is 0 Å². The third kappa shape index (κ3) is 4.12. The fraction of sp³-hybridized carbons (Fsp3) is 0.250. The molecule has 1 fully saturated rings. The van der Waals surface area contributed by atoms with E-state index in [4.69, 9.17) is 16.1 Å². The lowest BCUT2D eigenvalue weighted by Crippen LogP contribution is -2.39. The molecule has 3 aromatic rings. The van der Waals surface area contributed by atoms with Crippen LogP contribution in [0.15, 0.2) is 53.1 Å². The first-order chi connectivity index (χ1) is 14.0. The Morgan fingerprint density at radius 3 is 2.59 bits per heavy atom. The number of piperidine rings is 1. The molecule has 1 saturated heterocycles. The fourth-order valence-electron chi connectivity index (χ4n) is 3.39. The summed E-state index contributed by atoms with van der Waals surface area (Å²) in [6.45, 7) is 1.07. The van der Waals surface area contributed by atoms with Crippen LogP contribution in [-0.4, -0.2) is 39.0 Å². The maximum Gasteiger partial charge on any atom is 0.269 e. The highest BCUT2D eigenvalue weighted by atomic mass is 35.5. The Hall–Kier alpha value is -3.26. The number of amides is 1. The predicted octanol–water partition coefficient (Wildman–Crippen LogP) is 4.32. The second-order valence-corrected chi connectivity index (χ2v) is 7.29. The fourth-order valence-corrected chi connectivity index (χ4v) is 3.51. The number of nitro groups is 1. The summed E-state index contributed by atoms with van der Waals surface area (Å²) in [5.41, 5.74) is 1.18. The number of rotatable bonds is 4. The monoisotopic (exact) mass is 412 g/mol. The molecule has 0 N–H and O–H groups in total. The summed E-state index contributed by atoms with van der Waals surface area (Å²) in [4.78, 5) is 29.3. The van der Waals surface area contributed by atoms with Gasteiger partial charge in [0.2, 0.25) is 11.7 Å². The van der Waals surface area contributed by atoms with Crippen LogP contribution in [0.4, 0.5) is 5.69 Å². The van der Waals surface area contributed by atoms with Gasteiger partial charge in [-0.25, -0.2) is 0 Å². The van der Waals surface area contributed by atoms with Crippen LogP contribution in [0.3, 0.4) is 0 Å². The molecule has 8 nitrogen and oxygen atoms in total. The van der Waals surface area contributed by atoms with Crippen molar-refractivity contribution in [2.45, 2.75) is 18.8 Å². The average molecular weight is 413 g/mol. The summed E-state index contributed by atoms with van der Waals surface area (Å²) in [5.74, 6) is 0.757. The lowest BCUT2D eigenvalue weighted by atomic mass is 9.97. The lowest BCUT2D eigenvalue weighted by molar-refractivity contribution is -0.384. The zero-order valence-electron chi connectivity index (χ0n) is 15.3. The number of non-ortho nitro benzene ring substituents is 1. The third-order valence-electron chi connectivity index (χ3n) is 4.93. The van der Waals surface area contributed by atoms with Gasteiger partial charge < -0.3 is 9.42 Å². The SMILES string of the molecule is O=C(c1ccc([N+](=O)[O-])cc1)N1CCCC(c2nc(-c3ccc(Cl)cc3)no2)C1. The van der Waals surface area contributed by atoms with Crippen molar-refractivity contribution in [3.8, 4) is 11.4 Å². The highest BCUT2D eigenvalue weighted by Crippen LogP contribution is 2.29. The third-order valence-corrected chi connectivity index (χ3v) is 5.18. The van der Waals surface area contributed by atoms with Gasteiger partial charge in [-0.15, -0.1) is 0 Å². The topological polar surface area (TPSA) is 102 Å². The number of hydrogen-bond acceptors (Lipinski definition) is 6. The van der Waals surface area contributed by atoms with E-state index in [1.54, 1.807) is 17.0 Å². The normalized spacial score (nSPS) is 16.6. The molecule has 1 unspecified atom stereocenters. The van der Waals surface area contributed by atoms with Crippen LogP contribution >= 0.6 is 11.6 Å². The Labute approximate surface area is 171 Å². The molecule has 29 heavy (non-hydrogen) atoms. The van der Waals surface area contributed by atoms with E-state index in [9.17, 15) is 14.9 Å². The molecule has 9 heteroatoms. The summed E-state index contributed by atoms with van der Waals surface area (Å²) < 4.78 is 5.46. The zero-order chi connectivity index (χ0) is 20.4. The standard InChI is InChI=1S/C20H17ClN4O4/c21-16-7-3-13(4-8-16)18-22-19(29-23-18)15-2-1-11-24(12-15)20(26)14-5-9-17(10-6-14)25(27)28/h3-10,15H,1-2,11-12H2. The molecule has 1 atom stereocenters. The van der Waals surface area contributed by atoms with E-state index in [1.165, 1.54) is 24.3 Å². The number of likely N-dealkylation sites (tertiary alicyclic amines) is 1. The van der Waals surface area contributed by atoms with Crippen LogP contribution in [0.25, 0.3) is 11.4 Å². The molecule has 0 aliphatic carbocycles. The number of nitro benzene ring substituents is 1. The van der Waals surface area contributed by atoms with Gasteiger partial charge in [-0.1, -0.05) is 16.8 Å². The quantitative estimate of drug-likeness (QED) is 0.467. The van der Waals surface area contributed by atoms with E-state index < -0.39 is 4.92 Å². The van der Waals surface area contributed by atoms with Crippen molar-refractivity contribution in [3.63, 3.8) is 0 Å². The molecule has 148 valence electrons. The van der Waals surface area contributed by atoms with E-state index in [1.807, 2.05) is 12.1 Å². The number of carbonyl (C=O) groups excluding carboxylic acids is 1. The minimum Gasteiger partial charge on any atom is -0.339 e. The number of hydrogen-bond donors (Lipinski definition) is 0. The van der Waals surface area contributed by atoms with Crippen LogP contribution < -0.4 is 0 Å². The minimum atomic E-state index is -0.487. The molecule has 0 saturated carbocycles. The van der Waals surface area contributed by atoms with Crippen molar-refractivity contribution in [3.05, 3.63) is 75.1 Å². The number of benzene rings is 2. The van der Waals surface area contributed by atoms with Gasteiger partial charge in [0.05, 0.1) is 10.8 Å². The van der Waals surface area contributed by atoms with Crippen LogP contribution in [0.1, 0.15) is 35.0 Å². The van der Waals surface area contributed by atoms with Gasteiger partial charge in [0.15, 0.2) is 0 Å². The molecule has 1 amide bonds. The molecule has 2 heterocycles. The maximum absolute atomic E-state index is 12.8. The first kappa shape index (κ1) is 19.1. The largest absolute Gasteiger partial charge is 0.339 e. The van der Waals surface area contributed by atoms with Crippen molar-refractivity contribution in [1.82, 2.24) is 15.0 Å². The molecule has 0 spiro atoms. The summed E-state index contributed by atoms with van der Waals surface area (Å²) in [5, 5.41) is 15.5. The minimum absolute atomic E-state index is 0.0429. The Kier molecular flexibility index (Phi) is 5.26. The van der Waals surface area contributed by atoms with Crippen molar-refractivity contribution in [2.24, 2.45) is 0 Å². The number of halogens is 1. The Morgan fingerprint density at radius 2 is 1.90 bits per heavy atom. The van der Waals surface area contributed by atoms with Crippen LogP contribution in [-0.2, 0) is 0 Å². The van der Waals surface area contributed by atoms with Crippen LogP contribution in [0, 0.1) is 10.1 Å². The summed E-state index contributed by atoms with van der Waals surface area (Å²) in [6, 6.07) is 12.8. The van der Waals surface area contributed by atoms with Crippen molar-refractivity contribution >= 4 is 23.2 Å². The summed E-state index contributed by atoms with van der Waals surface area (Å²) in [6.07, 6.45) is 1.65.